The smallest absolute Gasteiger partial charge is 0.309 e. The number of aryl methyl sites for hydroxylation is 1. The number of aromatic nitrogens is 4. The van der Waals surface area contributed by atoms with Crippen molar-refractivity contribution in [2.75, 3.05) is 6.61 Å². The third-order valence-electron chi connectivity index (χ3n) is 2.51. The van der Waals surface area contributed by atoms with Crippen LogP contribution in [-0.4, -0.2) is 33.9 Å². The molecule has 0 aliphatic rings. The maximum atomic E-state index is 11.8. The van der Waals surface area contributed by atoms with Gasteiger partial charge in [0.2, 0.25) is 0 Å². The van der Waals surface area contributed by atoms with Crippen LogP contribution >= 0.6 is 15.9 Å². The molecule has 1 N–H and O–H groups in total. The number of nitrogens with one attached hydrogen (secondary N) is 1. The van der Waals surface area contributed by atoms with E-state index in [1.165, 1.54) is 11.0 Å². The highest BCUT2D eigenvalue weighted by Crippen LogP contribution is 2.11. The number of rotatable bonds is 6. The molecule has 0 unspecified atom stereocenters. The fourth-order valence-electron chi connectivity index (χ4n) is 1.45. The van der Waals surface area contributed by atoms with Crippen molar-refractivity contribution < 1.29 is 19.0 Å². The van der Waals surface area contributed by atoms with E-state index in [0.717, 1.165) is 4.47 Å². The number of tetrazole rings is 1. The zero-order chi connectivity index (χ0) is 14.4. The second-order valence-corrected chi connectivity index (χ2v) is 4.88. The standard InChI is InChI=1S/C12H11BrN4O3/c13-10-3-1-9(2-4-10)11(18)7-20-12(19)5-6-17-8-14-15-16-17/h1-4,8H,5-7H2/p+1. The molecule has 0 aliphatic carbocycles. The highest BCUT2D eigenvalue weighted by Gasteiger charge is 2.11. The Kier molecular flexibility index (Phi) is 4.94. The van der Waals surface area contributed by atoms with Crippen molar-refractivity contribution in [3.63, 3.8) is 0 Å². The summed E-state index contributed by atoms with van der Waals surface area (Å²) in [6.45, 7) is 0.116. The fraction of sp³-hybridized carbons (Fsp3) is 0.250. The average molecular weight is 340 g/mol. The van der Waals surface area contributed by atoms with Gasteiger partial charge in [-0.2, -0.15) is 4.68 Å². The van der Waals surface area contributed by atoms with Crippen LogP contribution < -0.4 is 4.68 Å². The summed E-state index contributed by atoms with van der Waals surface area (Å²) in [7, 11) is 0. The molecule has 1 aromatic heterocycles. The zero-order valence-corrected chi connectivity index (χ0v) is 12.0. The first-order chi connectivity index (χ1) is 9.65. The monoisotopic (exact) mass is 339 g/mol. The van der Waals surface area contributed by atoms with Gasteiger partial charge in [0.05, 0.1) is 6.42 Å². The molecule has 104 valence electrons. The van der Waals surface area contributed by atoms with Gasteiger partial charge in [-0.25, -0.2) is 0 Å². The summed E-state index contributed by atoms with van der Waals surface area (Å²) in [6.07, 6.45) is 1.60. The van der Waals surface area contributed by atoms with E-state index in [9.17, 15) is 9.59 Å². The second kappa shape index (κ2) is 6.90. The quantitative estimate of drug-likeness (QED) is 0.474. The van der Waals surface area contributed by atoms with Crippen molar-refractivity contribution in [2.24, 2.45) is 0 Å². The van der Waals surface area contributed by atoms with Crippen LogP contribution in [0.3, 0.4) is 0 Å². The first-order valence-electron chi connectivity index (χ1n) is 5.85. The summed E-state index contributed by atoms with van der Waals surface area (Å²) in [5, 5.41) is 9.63. The number of halogens is 1. The number of Topliss-reactive ketones (excluding diaryl/α,β-unsaturated/α-hetero) is 1. The van der Waals surface area contributed by atoms with E-state index in [1.54, 1.807) is 24.3 Å². The molecule has 20 heavy (non-hydrogen) atoms. The first kappa shape index (κ1) is 14.3. The lowest BCUT2D eigenvalue weighted by atomic mass is 10.1. The molecule has 2 rings (SSSR count). The molecule has 8 heteroatoms. The number of ether oxygens (including phenoxy) is 1. The molecule has 2 aromatic rings. The van der Waals surface area contributed by atoms with Crippen LogP contribution in [0.1, 0.15) is 16.8 Å². The molecule has 0 saturated heterocycles. The SMILES string of the molecule is O=C(CC[n+]1cnn[nH]1)OCC(=O)c1ccc(Br)cc1. The Bertz CT molecular complexity index is 583. The van der Waals surface area contributed by atoms with E-state index in [-0.39, 0.29) is 18.8 Å². The number of carbonyl (C=O) groups excluding carboxylic acids is 2. The lowest BCUT2D eigenvalue weighted by Crippen LogP contribution is -2.36. The summed E-state index contributed by atoms with van der Waals surface area (Å²) in [4.78, 5) is 23.2. The molecular formula is C12H12BrN4O3+. The first-order valence-corrected chi connectivity index (χ1v) is 6.64. The molecule has 0 fully saturated rings. The van der Waals surface area contributed by atoms with Crippen LogP contribution in [0.25, 0.3) is 0 Å². The summed E-state index contributed by atoms with van der Waals surface area (Å²) >= 11 is 3.28. The summed E-state index contributed by atoms with van der Waals surface area (Å²) in [6, 6.07) is 6.87. The van der Waals surface area contributed by atoms with Gasteiger partial charge in [0.25, 0.3) is 6.33 Å². The highest BCUT2D eigenvalue weighted by atomic mass is 79.9. The Balaban J connectivity index is 1.75. The van der Waals surface area contributed by atoms with Crippen LogP contribution in [-0.2, 0) is 16.1 Å². The van der Waals surface area contributed by atoms with E-state index in [4.69, 9.17) is 4.74 Å². The molecule has 0 radical (unpaired) electrons. The van der Waals surface area contributed by atoms with Crippen molar-refractivity contribution in [3.05, 3.63) is 40.6 Å². The van der Waals surface area contributed by atoms with Crippen LogP contribution in [0.5, 0.6) is 0 Å². The van der Waals surface area contributed by atoms with Gasteiger partial charge in [-0.3, -0.25) is 9.59 Å². The molecule has 0 aliphatic heterocycles. The largest absolute Gasteiger partial charge is 0.457 e. The Hall–Kier alpha value is -2.09. The molecule has 0 amide bonds. The number of esters is 1. The predicted molar refractivity (Wildman–Crippen MR) is 70.6 cm³/mol. The van der Waals surface area contributed by atoms with Crippen LogP contribution in [0.15, 0.2) is 35.1 Å². The van der Waals surface area contributed by atoms with E-state index in [0.29, 0.717) is 12.1 Å². The average Bonchev–Trinajstić information content (AvgIpc) is 2.96. The number of hydrogen-bond donors (Lipinski definition) is 1. The minimum atomic E-state index is -0.447. The number of nitrogens with zero attached hydrogens (tertiary/aromatic N) is 3. The highest BCUT2D eigenvalue weighted by molar-refractivity contribution is 9.10. The summed E-state index contributed by atoms with van der Waals surface area (Å²) in [5.74, 6) is -0.681. The molecule has 0 saturated carbocycles. The van der Waals surface area contributed by atoms with Gasteiger partial charge in [-0.1, -0.05) is 33.3 Å². The molecule has 1 heterocycles. The lowest BCUT2D eigenvalue weighted by Gasteiger charge is -2.03. The van der Waals surface area contributed by atoms with Crippen molar-refractivity contribution in [2.45, 2.75) is 13.0 Å². The molecule has 1 aromatic carbocycles. The molecule has 0 atom stereocenters. The fourth-order valence-corrected chi connectivity index (χ4v) is 1.72. The number of aromatic amines is 1. The summed E-state index contributed by atoms with van der Waals surface area (Å²) in [5.41, 5.74) is 0.508. The van der Waals surface area contributed by atoms with Gasteiger partial charge in [0.1, 0.15) is 11.6 Å². The minimum Gasteiger partial charge on any atom is -0.457 e. The van der Waals surface area contributed by atoms with Gasteiger partial charge in [-0.05, 0) is 12.1 Å². The van der Waals surface area contributed by atoms with Crippen LogP contribution in [0.2, 0.25) is 0 Å². The lowest BCUT2D eigenvalue weighted by molar-refractivity contribution is -0.753. The van der Waals surface area contributed by atoms with Gasteiger partial charge < -0.3 is 4.74 Å². The maximum absolute atomic E-state index is 11.8. The van der Waals surface area contributed by atoms with Crippen molar-refractivity contribution >= 4 is 27.7 Å². The third-order valence-corrected chi connectivity index (χ3v) is 3.04. The van der Waals surface area contributed by atoms with Gasteiger partial charge in [0, 0.05) is 10.0 Å². The van der Waals surface area contributed by atoms with Gasteiger partial charge in [0.15, 0.2) is 17.6 Å². The maximum Gasteiger partial charge on any atom is 0.309 e. The Morgan fingerprint density at radius 2 is 2.05 bits per heavy atom. The minimum absolute atomic E-state index is 0.141. The van der Waals surface area contributed by atoms with Gasteiger partial charge in [-0.15, -0.1) is 0 Å². The Morgan fingerprint density at radius 3 is 2.70 bits per heavy atom. The zero-order valence-electron chi connectivity index (χ0n) is 10.5. The van der Waals surface area contributed by atoms with Crippen molar-refractivity contribution in [1.82, 2.24) is 15.5 Å². The van der Waals surface area contributed by atoms with Gasteiger partial charge >= 0.3 is 5.97 Å². The molecular weight excluding hydrogens is 328 g/mol. The number of carbonyl (C=O) groups is 2. The molecule has 0 bridgehead atoms. The topological polar surface area (TPSA) is 88.8 Å². The molecule has 7 nitrogen and oxygen atoms in total. The van der Waals surface area contributed by atoms with E-state index in [1.807, 2.05) is 0 Å². The number of ketones is 1. The number of benzene rings is 1. The van der Waals surface area contributed by atoms with Crippen molar-refractivity contribution in [1.29, 1.82) is 0 Å². The number of H-pyrrole nitrogens is 1. The van der Waals surface area contributed by atoms with E-state index in [2.05, 4.69) is 31.5 Å². The number of hydrogen-bond acceptors (Lipinski definition) is 5. The van der Waals surface area contributed by atoms with Crippen LogP contribution in [0, 0.1) is 0 Å². The van der Waals surface area contributed by atoms with E-state index < -0.39 is 5.97 Å². The Morgan fingerprint density at radius 1 is 1.30 bits per heavy atom. The second-order valence-electron chi connectivity index (χ2n) is 3.97. The Labute approximate surface area is 123 Å². The van der Waals surface area contributed by atoms with E-state index >= 15 is 0 Å². The predicted octanol–water partition coefficient (Wildman–Crippen LogP) is 0.671. The normalized spacial score (nSPS) is 10.2. The van der Waals surface area contributed by atoms with Crippen molar-refractivity contribution in [3.8, 4) is 0 Å². The third kappa shape index (κ3) is 4.23. The van der Waals surface area contributed by atoms with Crippen LogP contribution in [0.4, 0.5) is 0 Å². The molecule has 0 spiro atoms. The summed E-state index contributed by atoms with van der Waals surface area (Å²) < 4.78 is 7.34.